The molecule has 0 fully saturated rings. The lowest BCUT2D eigenvalue weighted by atomic mass is 9.87. The van der Waals surface area contributed by atoms with E-state index in [1.54, 1.807) is 24.4 Å². The smallest absolute Gasteiger partial charge is 0.290 e. The summed E-state index contributed by atoms with van der Waals surface area (Å²) in [6, 6.07) is 17.7. The molecule has 0 radical (unpaired) electrons. The third-order valence-electron chi connectivity index (χ3n) is 7.52. The van der Waals surface area contributed by atoms with Gasteiger partial charge in [0.1, 0.15) is 11.5 Å². The molecule has 0 saturated heterocycles. The molecule has 3 aromatic carbocycles. The Bertz CT molecular complexity index is 1610. The van der Waals surface area contributed by atoms with Gasteiger partial charge in [0.15, 0.2) is 11.6 Å². The number of carbonyl (C=O) groups excluding carboxylic acids is 2. The summed E-state index contributed by atoms with van der Waals surface area (Å²) in [6.07, 6.45) is 5.90. The van der Waals surface area contributed by atoms with Gasteiger partial charge in [0, 0.05) is 25.7 Å². The molecule has 3 aliphatic rings. The number of aromatic nitrogens is 2. The molecule has 4 aromatic rings. The number of carbonyl (C=O) groups is 3. The van der Waals surface area contributed by atoms with Crippen LogP contribution in [0.4, 0.5) is 4.39 Å². The van der Waals surface area contributed by atoms with Crippen molar-refractivity contribution in [2.24, 2.45) is 0 Å². The minimum Gasteiger partial charge on any atom is -0.494 e. The highest BCUT2D eigenvalue weighted by atomic mass is 19.1. The lowest BCUT2D eigenvalue weighted by molar-refractivity contribution is -0.133. The molecule has 228 valence electrons. The van der Waals surface area contributed by atoms with Gasteiger partial charge in [-0.3, -0.25) is 19.5 Å². The van der Waals surface area contributed by atoms with Crippen LogP contribution in [0.3, 0.4) is 0 Å². The van der Waals surface area contributed by atoms with Crippen molar-refractivity contribution in [1.29, 1.82) is 0 Å². The molecular weight excluding hydrogens is 567 g/mol. The number of nitrogens with one attached hydrogen (secondary N) is 2. The van der Waals surface area contributed by atoms with Crippen LogP contribution in [0.25, 0.3) is 0 Å². The lowest BCUT2D eigenvalue weighted by Crippen LogP contribution is -2.40. The maximum absolute atomic E-state index is 14.7. The van der Waals surface area contributed by atoms with Crippen LogP contribution in [0, 0.1) is 5.82 Å². The van der Waals surface area contributed by atoms with E-state index < -0.39 is 5.82 Å². The van der Waals surface area contributed by atoms with Gasteiger partial charge in [0.2, 0.25) is 11.8 Å². The molecule has 1 unspecified atom stereocenters. The molecule has 8 bridgehead atoms. The first-order valence-corrected chi connectivity index (χ1v) is 14.4. The van der Waals surface area contributed by atoms with Crippen LogP contribution in [0.5, 0.6) is 17.2 Å². The largest absolute Gasteiger partial charge is 0.494 e. The van der Waals surface area contributed by atoms with Gasteiger partial charge in [-0.2, -0.15) is 5.10 Å². The van der Waals surface area contributed by atoms with Crippen molar-refractivity contribution in [3.05, 3.63) is 107 Å². The molecule has 44 heavy (non-hydrogen) atoms. The third-order valence-corrected chi connectivity index (χ3v) is 7.52. The molecule has 1 atom stereocenters. The zero-order chi connectivity index (χ0) is 30.9. The van der Waals surface area contributed by atoms with Crippen molar-refractivity contribution < 1.29 is 33.4 Å². The normalized spacial score (nSPS) is 16.1. The van der Waals surface area contributed by atoms with E-state index in [-0.39, 0.29) is 36.5 Å². The zero-order valence-corrected chi connectivity index (χ0v) is 24.0. The van der Waals surface area contributed by atoms with Crippen LogP contribution < -0.4 is 14.8 Å². The Morgan fingerprint density at radius 3 is 2.82 bits per heavy atom. The first kappa shape index (κ1) is 30.3. The van der Waals surface area contributed by atoms with E-state index in [1.807, 2.05) is 47.5 Å². The van der Waals surface area contributed by atoms with Crippen LogP contribution in [-0.2, 0) is 33.6 Å². The van der Waals surface area contributed by atoms with Crippen LogP contribution in [-0.4, -0.2) is 58.2 Å². The van der Waals surface area contributed by atoms with E-state index in [1.165, 1.54) is 6.07 Å². The summed E-state index contributed by atoms with van der Waals surface area (Å²) < 4.78 is 26.7. The fraction of sp³-hybridized carbons (Fsp3) is 0.273. The molecule has 0 saturated carbocycles. The van der Waals surface area contributed by atoms with Crippen molar-refractivity contribution >= 4 is 18.3 Å². The van der Waals surface area contributed by atoms with Gasteiger partial charge in [-0.1, -0.05) is 24.3 Å². The van der Waals surface area contributed by atoms with Crippen molar-refractivity contribution in [2.75, 3.05) is 19.7 Å². The van der Waals surface area contributed by atoms with Crippen molar-refractivity contribution in [1.82, 2.24) is 20.4 Å². The summed E-state index contributed by atoms with van der Waals surface area (Å²) in [5.41, 5.74) is 4.62. The fourth-order valence-electron chi connectivity index (χ4n) is 5.48. The van der Waals surface area contributed by atoms with Crippen LogP contribution in [0.2, 0.25) is 0 Å². The number of amides is 2. The van der Waals surface area contributed by atoms with Crippen molar-refractivity contribution in [3.63, 3.8) is 0 Å². The minimum atomic E-state index is -0.501. The molecule has 4 heterocycles. The predicted molar refractivity (Wildman–Crippen MR) is 159 cm³/mol. The Morgan fingerprint density at radius 2 is 2.00 bits per heavy atom. The molecule has 7 rings (SSSR count). The number of benzene rings is 3. The molecule has 10 nitrogen and oxygen atoms in total. The maximum atomic E-state index is 14.7. The number of halogens is 1. The first-order chi connectivity index (χ1) is 21.4. The zero-order valence-electron chi connectivity index (χ0n) is 24.0. The molecule has 1 aromatic heterocycles. The standard InChI is InChI=1S/C32H31FN4O4.CH2O2/c33-28-9-5-21-15-29(28)41-26-7-8-27-23(17-26)11-13-37(31(39)10-6-22-19-35-36-20-22)32(27)24-3-1-4-25(18-24)40-14-2-12-34-30(38)16-21;2-1-3/h1,3-5,7-9,15,17-20,32H,2,6,10-14,16H2,(H,34,38)(H,35,36);1H,(H,2,3). The topological polar surface area (TPSA) is 134 Å². The number of hydrogen-bond donors (Lipinski definition) is 3. The molecular formula is C33H33FN4O6. The number of aromatic amines is 1. The summed E-state index contributed by atoms with van der Waals surface area (Å²) in [6.45, 7) is 1.17. The highest BCUT2D eigenvalue weighted by Crippen LogP contribution is 2.39. The SMILES string of the molecule is O=C1Cc2ccc(F)c(c2)Oc2ccc3c(c2)CCN(C(=O)CCc2cn[nH]c2)C3c2cccc(c2)OCCCN1.O=CO. The Hall–Kier alpha value is -5.19. The molecule has 0 aliphatic carbocycles. The number of H-pyrrole nitrogens is 1. The third kappa shape index (κ3) is 7.41. The van der Waals surface area contributed by atoms with Crippen molar-refractivity contribution in [3.8, 4) is 17.2 Å². The van der Waals surface area contributed by atoms with Crippen LogP contribution >= 0.6 is 0 Å². The second kappa shape index (κ2) is 14.3. The summed E-state index contributed by atoms with van der Waals surface area (Å²) in [4.78, 5) is 36.3. The predicted octanol–water partition coefficient (Wildman–Crippen LogP) is 4.59. The Labute approximate surface area is 253 Å². The number of carboxylic acid groups (broad SMARTS) is 1. The second-order valence-corrected chi connectivity index (χ2v) is 10.5. The molecule has 11 heteroatoms. The maximum Gasteiger partial charge on any atom is 0.290 e. The van der Waals surface area contributed by atoms with Gasteiger partial charge < -0.3 is 24.8 Å². The quantitative estimate of drug-likeness (QED) is 0.293. The number of hydrogen-bond acceptors (Lipinski definition) is 6. The van der Waals surface area contributed by atoms with E-state index in [9.17, 15) is 14.0 Å². The average Bonchev–Trinajstić information content (AvgIpc) is 3.55. The highest BCUT2D eigenvalue weighted by Gasteiger charge is 2.32. The van der Waals surface area contributed by atoms with Gasteiger partial charge in [-0.25, -0.2) is 4.39 Å². The monoisotopic (exact) mass is 600 g/mol. The fourth-order valence-corrected chi connectivity index (χ4v) is 5.48. The van der Waals surface area contributed by atoms with E-state index >= 15 is 0 Å². The van der Waals surface area contributed by atoms with Gasteiger partial charge in [0.05, 0.1) is 25.3 Å². The van der Waals surface area contributed by atoms with Gasteiger partial charge in [0.25, 0.3) is 6.47 Å². The van der Waals surface area contributed by atoms with Crippen LogP contribution in [0.1, 0.15) is 46.7 Å². The Morgan fingerprint density at radius 1 is 1.14 bits per heavy atom. The molecule has 2 amide bonds. The van der Waals surface area contributed by atoms with Gasteiger partial charge in [-0.15, -0.1) is 0 Å². The minimum absolute atomic E-state index is 0.0570. The average molecular weight is 601 g/mol. The number of rotatable bonds is 3. The summed E-state index contributed by atoms with van der Waals surface area (Å²) in [5.74, 6) is 0.674. The lowest BCUT2D eigenvalue weighted by Gasteiger charge is -2.38. The van der Waals surface area contributed by atoms with E-state index in [4.69, 9.17) is 19.4 Å². The van der Waals surface area contributed by atoms with Crippen molar-refractivity contribution in [2.45, 2.75) is 38.1 Å². The molecule has 3 N–H and O–H groups in total. The van der Waals surface area contributed by atoms with E-state index in [2.05, 4.69) is 15.5 Å². The van der Waals surface area contributed by atoms with Gasteiger partial charge in [-0.05, 0) is 83.5 Å². The first-order valence-electron chi connectivity index (χ1n) is 14.4. The van der Waals surface area contributed by atoms with Crippen LogP contribution in [0.15, 0.2) is 73.1 Å². The number of ether oxygens (including phenoxy) is 2. The molecule has 3 aliphatic heterocycles. The summed E-state index contributed by atoms with van der Waals surface area (Å²) in [5, 5.41) is 16.6. The highest BCUT2D eigenvalue weighted by molar-refractivity contribution is 5.79. The number of fused-ring (bicyclic) bond motifs is 7. The Balaban J connectivity index is 0.00000123. The second-order valence-electron chi connectivity index (χ2n) is 10.5. The summed E-state index contributed by atoms with van der Waals surface area (Å²) >= 11 is 0. The Kier molecular flexibility index (Phi) is 9.85. The number of nitrogens with zero attached hydrogens (tertiary/aromatic N) is 2. The number of aryl methyl sites for hydroxylation is 1. The van der Waals surface area contributed by atoms with E-state index in [0.717, 1.165) is 22.3 Å². The summed E-state index contributed by atoms with van der Waals surface area (Å²) in [7, 11) is 0. The van der Waals surface area contributed by atoms with Gasteiger partial charge >= 0.3 is 0 Å². The van der Waals surface area contributed by atoms with E-state index in [0.29, 0.717) is 62.4 Å². The molecule has 0 spiro atoms.